The molecule has 0 atom stereocenters. The highest BCUT2D eigenvalue weighted by molar-refractivity contribution is 5.16. The van der Waals surface area contributed by atoms with E-state index in [2.05, 4.69) is 86.3 Å². The van der Waals surface area contributed by atoms with Gasteiger partial charge in [0.05, 0.1) is 0 Å². The fraction of sp³-hybridized carbons (Fsp3) is 0.429. The molecule has 0 aliphatic rings. The van der Waals surface area contributed by atoms with Gasteiger partial charge in [0.15, 0.2) is 0 Å². The van der Waals surface area contributed by atoms with Gasteiger partial charge in [-0.25, -0.2) is 0 Å². The minimum Gasteiger partial charge on any atom is -0.298 e. The zero-order valence-electron chi connectivity index (χ0n) is 14.3. The SMILES string of the molecule is CCC(C)(C)N(CCc1ccccc1)CCc1ccccc1. The summed E-state index contributed by atoms with van der Waals surface area (Å²) in [5, 5.41) is 0. The standard InChI is InChI=1S/C21H29N/c1-4-21(2,3)22(17-15-19-11-7-5-8-12-19)18-16-20-13-9-6-10-14-20/h5-14H,4,15-18H2,1-3H3. The topological polar surface area (TPSA) is 3.24 Å². The van der Waals surface area contributed by atoms with Crippen LogP contribution in [-0.4, -0.2) is 23.5 Å². The Bertz CT molecular complexity index is 487. The number of nitrogens with zero attached hydrogens (tertiary/aromatic N) is 1. The van der Waals surface area contributed by atoms with Gasteiger partial charge in [0.2, 0.25) is 0 Å². The van der Waals surface area contributed by atoms with E-state index >= 15 is 0 Å². The number of rotatable bonds is 8. The highest BCUT2D eigenvalue weighted by Gasteiger charge is 2.23. The van der Waals surface area contributed by atoms with Crippen molar-refractivity contribution < 1.29 is 0 Å². The summed E-state index contributed by atoms with van der Waals surface area (Å²) in [4.78, 5) is 2.65. The van der Waals surface area contributed by atoms with Crippen molar-refractivity contribution in [3.8, 4) is 0 Å². The molecule has 1 heteroatoms. The Balaban J connectivity index is 1.97. The monoisotopic (exact) mass is 295 g/mol. The van der Waals surface area contributed by atoms with Crippen LogP contribution in [0.25, 0.3) is 0 Å². The smallest absolute Gasteiger partial charge is 0.0150 e. The summed E-state index contributed by atoms with van der Waals surface area (Å²) in [6.45, 7) is 9.26. The lowest BCUT2D eigenvalue weighted by atomic mass is 9.97. The summed E-state index contributed by atoms with van der Waals surface area (Å²) in [6, 6.07) is 21.6. The summed E-state index contributed by atoms with van der Waals surface area (Å²) >= 11 is 0. The minimum atomic E-state index is 0.254. The first-order valence-corrected chi connectivity index (χ1v) is 8.45. The molecule has 0 heterocycles. The van der Waals surface area contributed by atoms with Gasteiger partial charge < -0.3 is 0 Å². The molecule has 0 saturated heterocycles. The summed E-state index contributed by atoms with van der Waals surface area (Å²) in [7, 11) is 0. The first-order valence-electron chi connectivity index (χ1n) is 8.45. The van der Waals surface area contributed by atoms with Crippen molar-refractivity contribution >= 4 is 0 Å². The van der Waals surface area contributed by atoms with Crippen molar-refractivity contribution in [2.75, 3.05) is 13.1 Å². The van der Waals surface area contributed by atoms with Crippen LogP contribution in [0.4, 0.5) is 0 Å². The third-order valence-electron chi connectivity index (χ3n) is 4.75. The Kier molecular flexibility index (Phi) is 6.21. The van der Waals surface area contributed by atoms with Crippen molar-refractivity contribution in [2.45, 2.75) is 45.6 Å². The van der Waals surface area contributed by atoms with Gasteiger partial charge in [-0.05, 0) is 44.2 Å². The van der Waals surface area contributed by atoms with Crippen LogP contribution in [-0.2, 0) is 12.8 Å². The summed E-state index contributed by atoms with van der Waals surface area (Å²) in [5.74, 6) is 0. The third-order valence-corrected chi connectivity index (χ3v) is 4.75. The van der Waals surface area contributed by atoms with Gasteiger partial charge in [-0.1, -0.05) is 67.6 Å². The van der Waals surface area contributed by atoms with E-state index in [9.17, 15) is 0 Å². The molecule has 0 radical (unpaired) electrons. The molecule has 0 fully saturated rings. The van der Waals surface area contributed by atoms with Crippen molar-refractivity contribution in [2.24, 2.45) is 0 Å². The van der Waals surface area contributed by atoms with Crippen molar-refractivity contribution in [3.63, 3.8) is 0 Å². The maximum Gasteiger partial charge on any atom is 0.0150 e. The second kappa shape index (κ2) is 8.14. The molecule has 0 aliphatic carbocycles. The molecule has 2 aromatic rings. The van der Waals surface area contributed by atoms with E-state index in [4.69, 9.17) is 0 Å². The molecule has 118 valence electrons. The zero-order chi connectivity index (χ0) is 15.8. The molecular weight excluding hydrogens is 266 g/mol. The molecule has 0 bridgehead atoms. The quantitative estimate of drug-likeness (QED) is 0.665. The Labute approximate surface area is 136 Å². The highest BCUT2D eigenvalue weighted by atomic mass is 15.2. The lowest BCUT2D eigenvalue weighted by molar-refractivity contribution is 0.118. The molecule has 22 heavy (non-hydrogen) atoms. The number of benzene rings is 2. The van der Waals surface area contributed by atoms with Gasteiger partial charge in [-0.2, -0.15) is 0 Å². The first-order chi connectivity index (χ1) is 10.6. The van der Waals surface area contributed by atoms with E-state index < -0.39 is 0 Å². The maximum atomic E-state index is 2.65. The van der Waals surface area contributed by atoms with Gasteiger partial charge in [0.1, 0.15) is 0 Å². The number of hydrogen-bond donors (Lipinski definition) is 0. The molecule has 0 amide bonds. The van der Waals surface area contributed by atoms with E-state index in [0.717, 1.165) is 25.9 Å². The van der Waals surface area contributed by atoms with Gasteiger partial charge in [0.25, 0.3) is 0 Å². The Hall–Kier alpha value is -1.60. The van der Waals surface area contributed by atoms with E-state index in [1.807, 2.05) is 0 Å². The molecule has 0 saturated carbocycles. The predicted molar refractivity (Wildman–Crippen MR) is 96.2 cm³/mol. The van der Waals surface area contributed by atoms with E-state index in [0.29, 0.717) is 0 Å². The van der Waals surface area contributed by atoms with Gasteiger partial charge >= 0.3 is 0 Å². The average molecular weight is 295 g/mol. The van der Waals surface area contributed by atoms with Gasteiger partial charge in [0, 0.05) is 18.6 Å². The summed E-state index contributed by atoms with van der Waals surface area (Å²) in [5.41, 5.74) is 3.11. The van der Waals surface area contributed by atoms with Crippen LogP contribution in [0.5, 0.6) is 0 Å². The molecule has 2 aromatic carbocycles. The minimum absolute atomic E-state index is 0.254. The van der Waals surface area contributed by atoms with Crippen LogP contribution < -0.4 is 0 Å². The van der Waals surface area contributed by atoms with Crippen LogP contribution in [0.15, 0.2) is 60.7 Å². The molecule has 1 nitrogen and oxygen atoms in total. The lowest BCUT2D eigenvalue weighted by Crippen LogP contribution is -2.45. The Morgan fingerprint density at radius 1 is 0.727 bits per heavy atom. The van der Waals surface area contributed by atoms with E-state index in [1.54, 1.807) is 0 Å². The predicted octanol–water partition coefficient (Wildman–Crippen LogP) is 4.96. The van der Waals surface area contributed by atoms with Crippen LogP contribution in [0, 0.1) is 0 Å². The van der Waals surface area contributed by atoms with E-state index in [1.165, 1.54) is 17.5 Å². The van der Waals surface area contributed by atoms with Gasteiger partial charge in [-0.3, -0.25) is 4.90 Å². The highest BCUT2D eigenvalue weighted by Crippen LogP contribution is 2.20. The fourth-order valence-electron chi connectivity index (χ4n) is 2.76. The summed E-state index contributed by atoms with van der Waals surface area (Å²) < 4.78 is 0. The summed E-state index contributed by atoms with van der Waals surface area (Å²) in [6.07, 6.45) is 3.43. The van der Waals surface area contributed by atoms with E-state index in [-0.39, 0.29) is 5.54 Å². The first kappa shape index (κ1) is 16.8. The maximum absolute atomic E-state index is 2.65. The molecule has 0 aliphatic heterocycles. The molecular formula is C21H29N. The molecule has 0 spiro atoms. The van der Waals surface area contributed by atoms with Crippen molar-refractivity contribution in [3.05, 3.63) is 71.8 Å². The second-order valence-corrected chi connectivity index (χ2v) is 6.62. The largest absolute Gasteiger partial charge is 0.298 e. The van der Waals surface area contributed by atoms with Crippen LogP contribution >= 0.6 is 0 Å². The molecule has 2 rings (SSSR count). The van der Waals surface area contributed by atoms with Crippen molar-refractivity contribution in [1.29, 1.82) is 0 Å². The normalized spacial score (nSPS) is 11.8. The second-order valence-electron chi connectivity index (χ2n) is 6.62. The zero-order valence-corrected chi connectivity index (χ0v) is 14.3. The molecule has 0 aromatic heterocycles. The average Bonchev–Trinajstić information content (AvgIpc) is 2.56. The Morgan fingerprint density at radius 3 is 1.50 bits per heavy atom. The van der Waals surface area contributed by atoms with Crippen LogP contribution in [0.3, 0.4) is 0 Å². The fourth-order valence-corrected chi connectivity index (χ4v) is 2.76. The lowest BCUT2D eigenvalue weighted by Gasteiger charge is -2.38. The Morgan fingerprint density at radius 2 is 1.14 bits per heavy atom. The van der Waals surface area contributed by atoms with Crippen LogP contribution in [0.1, 0.15) is 38.3 Å². The molecule has 0 N–H and O–H groups in total. The number of hydrogen-bond acceptors (Lipinski definition) is 1. The third kappa shape index (κ3) is 4.99. The van der Waals surface area contributed by atoms with Crippen molar-refractivity contribution in [1.82, 2.24) is 4.90 Å². The van der Waals surface area contributed by atoms with Crippen LogP contribution in [0.2, 0.25) is 0 Å². The molecule has 0 unspecified atom stereocenters. The van der Waals surface area contributed by atoms with Gasteiger partial charge in [-0.15, -0.1) is 0 Å².